The molecule has 146 valence electrons. The number of rotatable bonds is 3. The Kier molecular flexibility index (Phi) is 4.57. The van der Waals surface area contributed by atoms with Gasteiger partial charge in [0.2, 0.25) is 5.89 Å². The maximum atomic E-state index is 13.3. The van der Waals surface area contributed by atoms with Crippen LogP contribution < -0.4 is 10.6 Å². The molecule has 0 bridgehead atoms. The molecule has 1 saturated carbocycles. The van der Waals surface area contributed by atoms with Gasteiger partial charge in [-0.25, -0.2) is 4.98 Å². The minimum atomic E-state index is -4.44. The molecule has 2 aliphatic rings. The predicted octanol–water partition coefficient (Wildman–Crippen LogP) is 3.60. The van der Waals surface area contributed by atoms with Crippen molar-refractivity contribution in [2.24, 2.45) is 5.73 Å². The van der Waals surface area contributed by atoms with Crippen LogP contribution in [0, 0.1) is 0 Å². The van der Waals surface area contributed by atoms with E-state index in [0.29, 0.717) is 24.8 Å². The van der Waals surface area contributed by atoms with Gasteiger partial charge in [0.15, 0.2) is 5.82 Å². The molecule has 6 nitrogen and oxygen atoms in total. The second-order valence-electron chi connectivity index (χ2n) is 7.48. The second-order valence-corrected chi connectivity index (χ2v) is 7.48. The van der Waals surface area contributed by atoms with Crippen molar-refractivity contribution in [3.05, 3.63) is 35.6 Å². The molecule has 1 aliphatic carbocycles. The Labute approximate surface area is 154 Å². The van der Waals surface area contributed by atoms with Crippen LogP contribution in [-0.2, 0) is 11.7 Å². The molecule has 27 heavy (non-hydrogen) atoms. The summed E-state index contributed by atoms with van der Waals surface area (Å²) in [5, 5.41) is 4.07. The van der Waals surface area contributed by atoms with Gasteiger partial charge in [-0.15, -0.1) is 0 Å². The van der Waals surface area contributed by atoms with E-state index in [-0.39, 0.29) is 11.7 Å². The van der Waals surface area contributed by atoms with Gasteiger partial charge in [0.05, 0.1) is 17.0 Å². The first kappa shape index (κ1) is 18.2. The molecule has 0 aromatic carbocycles. The van der Waals surface area contributed by atoms with Gasteiger partial charge in [-0.3, -0.25) is 0 Å². The number of aromatic nitrogens is 3. The zero-order chi connectivity index (χ0) is 19.1. The van der Waals surface area contributed by atoms with Gasteiger partial charge in [-0.05, 0) is 37.8 Å². The lowest BCUT2D eigenvalue weighted by atomic mass is 9.96. The molecule has 0 radical (unpaired) electrons. The van der Waals surface area contributed by atoms with E-state index in [4.69, 9.17) is 10.3 Å². The van der Waals surface area contributed by atoms with Crippen molar-refractivity contribution in [3.8, 4) is 0 Å². The lowest BCUT2D eigenvalue weighted by Gasteiger charge is -2.33. The average molecular weight is 381 g/mol. The highest BCUT2D eigenvalue weighted by Gasteiger charge is 2.39. The molecule has 9 heteroatoms. The highest BCUT2D eigenvalue weighted by Crippen LogP contribution is 2.39. The third-order valence-electron chi connectivity index (χ3n) is 5.55. The van der Waals surface area contributed by atoms with E-state index >= 15 is 0 Å². The maximum absolute atomic E-state index is 13.3. The van der Waals surface area contributed by atoms with Crippen LogP contribution in [0.5, 0.6) is 0 Å². The summed E-state index contributed by atoms with van der Waals surface area (Å²) >= 11 is 0. The van der Waals surface area contributed by atoms with E-state index in [1.807, 2.05) is 0 Å². The number of hydrogen-bond acceptors (Lipinski definition) is 6. The minimum Gasteiger partial charge on any atom is -0.355 e. The van der Waals surface area contributed by atoms with Gasteiger partial charge in [0, 0.05) is 19.3 Å². The van der Waals surface area contributed by atoms with Crippen LogP contribution in [0.15, 0.2) is 22.9 Å². The number of pyridine rings is 1. The van der Waals surface area contributed by atoms with Crippen LogP contribution in [0.1, 0.15) is 61.7 Å². The molecule has 2 aromatic heterocycles. The summed E-state index contributed by atoms with van der Waals surface area (Å²) in [6, 6.07) is 2.37. The van der Waals surface area contributed by atoms with E-state index in [1.54, 1.807) is 4.90 Å². The van der Waals surface area contributed by atoms with Crippen molar-refractivity contribution >= 4 is 5.82 Å². The zero-order valence-electron chi connectivity index (χ0n) is 14.9. The number of hydrogen-bond donors (Lipinski definition) is 1. The minimum absolute atomic E-state index is 0.0412. The Morgan fingerprint density at radius 1 is 1.22 bits per heavy atom. The molecule has 1 unspecified atom stereocenters. The van der Waals surface area contributed by atoms with Crippen LogP contribution in [0.3, 0.4) is 0 Å². The van der Waals surface area contributed by atoms with Crippen LogP contribution in [0.2, 0.25) is 0 Å². The fourth-order valence-corrected chi connectivity index (χ4v) is 4.07. The standard InChI is InChI=1S/C18H22F3N5O/c19-18(20,21)13-6-3-9-23-14(13)26-10-4-5-12(11-26)15-24-16(25-27-15)17(22)7-1-2-8-17/h3,6,9,12H,1-2,4-5,7-8,10-11,22H2. The number of alkyl halides is 3. The first-order chi connectivity index (χ1) is 12.9. The SMILES string of the molecule is NC1(c2noc(C3CCCN(c4ncccc4C(F)(F)F)C3)n2)CCCC1. The van der Waals surface area contributed by atoms with Gasteiger partial charge >= 0.3 is 6.18 Å². The fourth-order valence-electron chi connectivity index (χ4n) is 4.07. The number of nitrogens with two attached hydrogens (primary N) is 1. The topological polar surface area (TPSA) is 81.1 Å². The third-order valence-corrected chi connectivity index (χ3v) is 5.55. The van der Waals surface area contributed by atoms with Crippen LogP contribution in [0.4, 0.5) is 19.0 Å². The highest BCUT2D eigenvalue weighted by atomic mass is 19.4. The molecule has 1 aliphatic heterocycles. The summed E-state index contributed by atoms with van der Waals surface area (Å²) in [4.78, 5) is 10.2. The largest absolute Gasteiger partial charge is 0.419 e. The van der Waals surface area contributed by atoms with E-state index < -0.39 is 17.3 Å². The quantitative estimate of drug-likeness (QED) is 0.875. The van der Waals surface area contributed by atoms with Crippen molar-refractivity contribution in [1.82, 2.24) is 15.1 Å². The second kappa shape index (κ2) is 6.78. The first-order valence-electron chi connectivity index (χ1n) is 9.27. The summed E-state index contributed by atoms with van der Waals surface area (Å²) in [6.07, 6.45) is 2.18. The van der Waals surface area contributed by atoms with Crippen molar-refractivity contribution in [1.29, 1.82) is 0 Å². The molecule has 1 atom stereocenters. The summed E-state index contributed by atoms with van der Waals surface area (Å²) in [5.74, 6) is 0.797. The zero-order valence-corrected chi connectivity index (χ0v) is 14.9. The maximum Gasteiger partial charge on any atom is 0.419 e. The number of anilines is 1. The average Bonchev–Trinajstić information content (AvgIpc) is 3.31. The van der Waals surface area contributed by atoms with Crippen molar-refractivity contribution < 1.29 is 17.7 Å². The molecule has 0 amide bonds. The van der Waals surface area contributed by atoms with E-state index in [2.05, 4.69) is 15.1 Å². The van der Waals surface area contributed by atoms with Crippen LogP contribution in [-0.4, -0.2) is 28.2 Å². The van der Waals surface area contributed by atoms with E-state index in [1.165, 1.54) is 12.3 Å². The van der Waals surface area contributed by atoms with Gasteiger partial charge in [-0.1, -0.05) is 18.0 Å². The van der Waals surface area contributed by atoms with Gasteiger partial charge in [-0.2, -0.15) is 18.2 Å². The van der Waals surface area contributed by atoms with Crippen molar-refractivity contribution in [3.63, 3.8) is 0 Å². The molecular formula is C18H22F3N5O. The Morgan fingerprint density at radius 2 is 2.00 bits per heavy atom. The Balaban J connectivity index is 1.55. The van der Waals surface area contributed by atoms with E-state index in [9.17, 15) is 13.2 Å². The van der Waals surface area contributed by atoms with Crippen molar-refractivity contribution in [2.45, 2.75) is 56.2 Å². The van der Waals surface area contributed by atoms with Crippen LogP contribution >= 0.6 is 0 Å². The number of halogens is 3. The van der Waals surface area contributed by atoms with Crippen LogP contribution in [0.25, 0.3) is 0 Å². The smallest absolute Gasteiger partial charge is 0.355 e. The third kappa shape index (κ3) is 3.52. The molecule has 0 spiro atoms. The predicted molar refractivity (Wildman–Crippen MR) is 92.1 cm³/mol. The van der Waals surface area contributed by atoms with Crippen molar-refractivity contribution in [2.75, 3.05) is 18.0 Å². The van der Waals surface area contributed by atoms with Gasteiger partial charge < -0.3 is 15.2 Å². The fraction of sp³-hybridized carbons (Fsp3) is 0.611. The molecule has 2 aromatic rings. The molecule has 2 N–H and O–H groups in total. The summed E-state index contributed by atoms with van der Waals surface area (Å²) in [7, 11) is 0. The molecule has 2 fully saturated rings. The normalized spacial score (nSPS) is 23.0. The number of piperidine rings is 1. The summed E-state index contributed by atoms with van der Waals surface area (Å²) in [6.45, 7) is 0.873. The lowest BCUT2D eigenvalue weighted by molar-refractivity contribution is -0.137. The molecular weight excluding hydrogens is 359 g/mol. The molecule has 1 saturated heterocycles. The molecule has 4 rings (SSSR count). The van der Waals surface area contributed by atoms with E-state index in [0.717, 1.165) is 44.6 Å². The Hall–Kier alpha value is -2.16. The van der Waals surface area contributed by atoms with Gasteiger partial charge in [0.25, 0.3) is 0 Å². The molecule has 3 heterocycles. The Bertz CT molecular complexity index is 800. The highest BCUT2D eigenvalue weighted by molar-refractivity contribution is 5.49. The van der Waals surface area contributed by atoms with Gasteiger partial charge in [0.1, 0.15) is 5.82 Å². The Morgan fingerprint density at radius 3 is 2.74 bits per heavy atom. The lowest BCUT2D eigenvalue weighted by Crippen LogP contribution is -2.37. The summed E-state index contributed by atoms with van der Waals surface area (Å²) < 4.78 is 45.4. The summed E-state index contributed by atoms with van der Waals surface area (Å²) in [5.41, 5.74) is 5.12. The monoisotopic (exact) mass is 381 g/mol. The number of nitrogens with zero attached hydrogens (tertiary/aromatic N) is 4. The first-order valence-corrected chi connectivity index (χ1v) is 9.27.